The molecule has 0 aromatic heterocycles. The molecular weight excluding hydrogens is 396 g/mol. The zero-order chi connectivity index (χ0) is 20.6. The number of sulfonamides is 1. The van der Waals surface area contributed by atoms with E-state index in [0.717, 1.165) is 40.4 Å². The molecule has 2 aliphatic heterocycles. The monoisotopic (exact) mass is 421 g/mol. The Morgan fingerprint density at radius 3 is 2.17 bits per heavy atom. The maximum atomic E-state index is 12.7. The van der Waals surface area contributed by atoms with Crippen LogP contribution in [0.2, 0.25) is 0 Å². The summed E-state index contributed by atoms with van der Waals surface area (Å²) in [5, 5.41) is 0. The number of benzene rings is 1. The van der Waals surface area contributed by atoms with Gasteiger partial charge >= 0.3 is 17.8 Å². The highest BCUT2D eigenvalue weighted by atomic mass is 32.2. The van der Waals surface area contributed by atoms with Crippen LogP contribution >= 0.6 is 0 Å². The van der Waals surface area contributed by atoms with Gasteiger partial charge in [-0.15, -0.1) is 0 Å². The van der Waals surface area contributed by atoms with Crippen LogP contribution in [0.1, 0.15) is 25.7 Å². The summed E-state index contributed by atoms with van der Waals surface area (Å²) in [4.78, 5) is 40.7. The van der Waals surface area contributed by atoms with E-state index in [-0.39, 0.29) is 17.6 Å². The lowest BCUT2D eigenvalue weighted by Gasteiger charge is -2.32. The van der Waals surface area contributed by atoms with E-state index in [0.29, 0.717) is 26.2 Å². The number of carbonyl (C=O) groups excluding carboxylic acids is 3. The fourth-order valence-electron chi connectivity index (χ4n) is 4.31. The first-order valence-corrected chi connectivity index (χ1v) is 11.4. The second-order valence-electron chi connectivity index (χ2n) is 7.75. The van der Waals surface area contributed by atoms with Crippen LogP contribution in [0.5, 0.6) is 0 Å². The number of carbonyl (C=O) groups is 3. The quantitative estimate of drug-likeness (QED) is 0.499. The Morgan fingerprint density at radius 2 is 1.55 bits per heavy atom. The number of hydrogen-bond donors (Lipinski definition) is 1. The maximum absolute atomic E-state index is 12.7. The third-order valence-electron chi connectivity index (χ3n) is 5.97. The lowest BCUT2D eigenvalue weighted by molar-refractivity contribution is -0.910. The van der Waals surface area contributed by atoms with Gasteiger partial charge in [0.25, 0.3) is 0 Å². The van der Waals surface area contributed by atoms with Crippen LogP contribution < -0.4 is 4.90 Å². The number of hydrogen-bond acceptors (Lipinski definition) is 5. The predicted molar refractivity (Wildman–Crippen MR) is 102 cm³/mol. The predicted octanol–water partition coefficient (Wildman–Crippen LogP) is -0.733. The van der Waals surface area contributed by atoms with Gasteiger partial charge in [0.2, 0.25) is 10.0 Å². The molecule has 156 valence electrons. The van der Waals surface area contributed by atoms with Crippen molar-refractivity contribution in [1.29, 1.82) is 0 Å². The van der Waals surface area contributed by atoms with Gasteiger partial charge in [-0.1, -0.05) is 31.0 Å². The van der Waals surface area contributed by atoms with Crippen LogP contribution in [-0.4, -0.2) is 79.3 Å². The van der Waals surface area contributed by atoms with Crippen LogP contribution in [0, 0.1) is 0 Å². The fraction of sp³-hybridized carbons (Fsp3) is 0.526. The van der Waals surface area contributed by atoms with E-state index in [4.69, 9.17) is 0 Å². The summed E-state index contributed by atoms with van der Waals surface area (Å²) in [6, 6.07) is 7.57. The van der Waals surface area contributed by atoms with E-state index < -0.39 is 27.9 Å². The number of amides is 4. The third kappa shape index (κ3) is 3.67. The normalized spacial score (nSPS) is 22.8. The highest BCUT2D eigenvalue weighted by Gasteiger charge is 2.49. The molecule has 1 N–H and O–H groups in total. The molecule has 0 bridgehead atoms. The number of piperazine rings is 1. The standard InChI is InChI=1S/C19H24N4O5S/c24-17-18(25)23(15-6-4-5-7-15)19(26)22(17)14-20-10-12-21(13-11-20)29(27,28)16-8-2-1-3-9-16/h1-3,8-9,15H,4-7,10-14H2/p+1. The first-order chi connectivity index (χ1) is 13.9. The number of urea groups is 1. The lowest BCUT2D eigenvalue weighted by Crippen LogP contribution is -3.16. The molecule has 0 radical (unpaired) electrons. The van der Waals surface area contributed by atoms with E-state index >= 15 is 0 Å². The molecule has 1 aromatic carbocycles. The van der Waals surface area contributed by atoms with Crippen LogP contribution in [0.25, 0.3) is 0 Å². The maximum Gasteiger partial charge on any atom is 0.338 e. The summed E-state index contributed by atoms with van der Waals surface area (Å²) in [7, 11) is -3.55. The van der Waals surface area contributed by atoms with Gasteiger partial charge in [0, 0.05) is 6.04 Å². The molecule has 1 aromatic rings. The Bertz CT molecular complexity index is 906. The van der Waals surface area contributed by atoms with Crippen molar-refractivity contribution in [2.75, 3.05) is 32.8 Å². The van der Waals surface area contributed by atoms with Gasteiger partial charge in [0.1, 0.15) is 0 Å². The SMILES string of the molecule is O=C1C(=O)N(C2CCCC2)C(=O)N1C[NH+]1CCN(S(=O)(=O)c2ccccc2)CC1. The second-order valence-corrected chi connectivity index (χ2v) is 9.69. The molecule has 2 heterocycles. The molecular formula is C19H25N4O5S+. The first kappa shape index (κ1) is 20.0. The molecule has 2 saturated heterocycles. The summed E-state index contributed by atoms with van der Waals surface area (Å²) in [5.74, 6) is -1.50. The molecule has 29 heavy (non-hydrogen) atoms. The van der Waals surface area contributed by atoms with Gasteiger partial charge < -0.3 is 4.90 Å². The van der Waals surface area contributed by atoms with Crippen molar-refractivity contribution in [3.63, 3.8) is 0 Å². The minimum atomic E-state index is -3.55. The molecule has 10 heteroatoms. The van der Waals surface area contributed by atoms with Crippen molar-refractivity contribution in [1.82, 2.24) is 14.1 Å². The Balaban J connectivity index is 1.38. The molecule has 3 aliphatic rings. The summed E-state index contributed by atoms with van der Waals surface area (Å²) in [6.07, 6.45) is 3.42. The molecule has 0 atom stereocenters. The van der Waals surface area contributed by atoms with Gasteiger partial charge in [-0.2, -0.15) is 4.31 Å². The summed E-state index contributed by atoms with van der Waals surface area (Å²) in [5.41, 5.74) is 0. The van der Waals surface area contributed by atoms with Gasteiger partial charge in [-0.25, -0.2) is 18.1 Å². The largest absolute Gasteiger partial charge is 0.338 e. The topological polar surface area (TPSA) is 99.5 Å². The smallest absolute Gasteiger partial charge is 0.315 e. The average Bonchev–Trinajstić information content (AvgIpc) is 3.32. The highest BCUT2D eigenvalue weighted by Crippen LogP contribution is 2.27. The summed E-state index contributed by atoms with van der Waals surface area (Å²) >= 11 is 0. The third-order valence-corrected chi connectivity index (χ3v) is 7.88. The molecule has 1 aliphatic carbocycles. The van der Waals surface area contributed by atoms with Crippen LogP contribution in [-0.2, 0) is 19.6 Å². The van der Waals surface area contributed by atoms with Crippen molar-refractivity contribution in [3.05, 3.63) is 30.3 Å². The fourth-order valence-corrected chi connectivity index (χ4v) is 5.77. The number of nitrogens with zero attached hydrogens (tertiary/aromatic N) is 3. The zero-order valence-electron chi connectivity index (χ0n) is 16.1. The number of quaternary nitrogens is 1. The minimum Gasteiger partial charge on any atom is -0.315 e. The average molecular weight is 421 g/mol. The molecule has 0 spiro atoms. The molecule has 4 rings (SSSR count). The van der Waals surface area contributed by atoms with Crippen molar-refractivity contribution in [2.24, 2.45) is 0 Å². The summed E-state index contributed by atoms with van der Waals surface area (Å²) in [6.45, 7) is 1.60. The molecule has 3 fully saturated rings. The van der Waals surface area contributed by atoms with Crippen molar-refractivity contribution in [2.45, 2.75) is 36.6 Å². The molecule has 1 saturated carbocycles. The second kappa shape index (κ2) is 7.85. The van der Waals surface area contributed by atoms with Crippen molar-refractivity contribution in [3.8, 4) is 0 Å². The van der Waals surface area contributed by atoms with Crippen molar-refractivity contribution < 1.29 is 27.7 Å². The van der Waals surface area contributed by atoms with Gasteiger partial charge in [-0.3, -0.25) is 14.5 Å². The van der Waals surface area contributed by atoms with Crippen LogP contribution in [0.3, 0.4) is 0 Å². The minimum absolute atomic E-state index is 0.0891. The highest BCUT2D eigenvalue weighted by molar-refractivity contribution is 7.89. The Labute approximate surface area is 169 Å². The van der Waals surface area contributed by atoms with E-state index in [9.17, 15) is 22.8 Å². The van der Waals surface area contributed by atoms with E-state index in [1.165, 1.54) is 4.31 Å². The van der Waals surface area contributed by atoms with Gasteiger partial charge in [-0.05, 0) is 25.0 Å². The Morgan fingerprint density at radius 1 is 0.931 bits per heavy atom. The zero-order valence-corrected chi connectivity index (χ0v) is 16.9. The van der Waals surface area contributed by atoms with Gasteiger partial charge in [0.05, 0.1) is 31.1 Å². The van der Waals surface area contributed by atoms with E-state index in [1.54, 1.807) is 30.3 Å². The number of rotatable bonds is 5. The van der Waals surface area contributed by atoms with Crippen molar-refractivity contribution >= 4 is 27.9 Å². The Hall–Kier alpha value is -2.30. The van der Waals surface area contributed by atoms with Crippen LogP contribution in [0.15, 0.2) is 35.2 Å². The van der Waals surface area contributed by atoms with E-state index in [1.807, 2.05) is 0 Å². The molecule has 9 nitrogen and oxygen atoms in total. The molecule has 0 unspecified atom stereocenters. The first-order valence-electron chi connectivity index (χ1n) is 9.97. The van der Waals surface area contributed by atoms with E-state index in [2.05, 4.69) is 0 Å². The Kier molecular flexibility index (Phi) is 5.41. The molecule has 4 amide bonds. The number of imide groups is 2. The number of nitrogens with one attached hydrogen (secondary N) is 1. The summed E-state index contributed by atoms with van der Waals surface area (Å²) < 4.78 is 26.9. The lowest BCUT2D eigenvalue weighted by atomic mass is 10.2. The van der Waals surface area contributed by atoms with Gasteiger partial charge in [0.15, 0.2) is 6.67 Å². The van der Waals surface area contributed by atoms with Crippen LogP contribution in [0.4, 0.5) is 4.79 Å².